The Kier molecular flexibility index (Phi) is 2.21. The maximum absolute atomic E-state index is 9.72. The number of carboxylic acids is 1. The topological polar surface area (TPSA) is 66.4 Å². The highest BCUT2D eigenvalue weighted by atomic mass is 32.1. The Morgan fingerprint density at radius 1 is 1.57 bits per heavy atom. The fourth-order valence-electron chi connectivity index (χ4n) is 0.0478. The summed E-state index contributed by atoms with van der Waals surface area (Å²) in [6, 6.07) is 0. The molecule has 4 nitrogen and oxygen atoms in total. The Balaban J connectivity index is 3.58. The lowest BCUT2D eigenvalue weighted by molar-refractivity contribution is -0.149. The molecule has 0 bridgehead atoms. The van der Waals surface area contributed by atoms with Crippen molar-refractivity contribution in [3.05, 3.63) is 0 Å². The van der Waals surface area contributed by atoms with Crippen molar-refractivity contribution in [3.63, 3.8) is 0 Å². The largest absolute Gasteiger partial charge is 0.474 e. The fourth-order valence-corrected chi connectivity index (χ4v) is 0.143. The van der Waals surface area contributed by atoms with Crippen LogP contribution in [-0.4, -0.2) is 17.0 Å². The summed E-state index contributed by atoms with van der Waals surface area (Å²) in [6.45, 7) is 0. The van der Waals surface area contributed by atoms with Crippen LogP contribution in [0.4, 0.5) is 0 Å². The number of amides is 1. The number of thiol groups is 1. The summed E-state index contributed by atoms with van der Waals surface area (Å²) in [7, 11) is 0. The van der Waals surface area contributed by atoms with Crippen molar-refractivity contribution in [3.8, 4) is 0 Å². The molecule has 0 spiro atoms. The molecule has 0 fully saturated rings. The zero-order chi connectivity index (χ0) is 5.86. The number of hydrogen-bond acceptors (Lipinski definition) is 3. The third-order valence-corrected chi connectivity index (χ3v) is 0.499. The predicted molar refractivity (Wildman–Crippen MR) is 24.8 cm³/mol. The minimum atomic E-state index is -1.53. The minimum Gasteiger partial charge on any atom is -0.474 e. The van der Waals surface area contributed by atoms with Gasteiger partial charge in [-0.3, -0.25) is 9.52 Å². The Morgan fingerprint density at radius 3 is 2.00 bits per heavy atom. The molecule has 0 aliphatic rings. The van der Waals surface area contributed by atoms with Crippen LogP contribution in [-0.2, 0) is 9.59 Å². The second-order valence-corrected chi connectivity index (χ2v) is 0.970. The molecule has 0 aromatic heterocycles. The van der Waals surface area contributed by atoms with Gasteiger partial charge in [-0.1, -0.05) is 12.8 Å². The minimum absolute atomic E-state index is 1.12. The summed E-state index contributed by atoms with van der Waals surface area (Å²) in [6.07, 6.45) is 0. The second-order valence-electron chi connectivity index (χ2n) is 0.746. The van der Waals surface area contributed by atoms with E-state index in [9.17, 15) is 9.59 Å². The number of carboxylic acid groups (broad SMARTS) is 1. The Hall–Kier alpha value is -0.710. The van der Waals surface area contributed by atoms with Crippen LogP contribution in [0.25, 0.3) is 0 Å². The number of carbonyl (C=O) groups is 2. The van der Waals surface area contributed by atoms with Gasteiger partial charge >= 0.3 is 11.9 Å². The van der Waals surface area contributed by atoms with Crippen LogP contribution < -0.4 is 4.72 Å². The van der Waals surface area contributed by atoms with Gasteiger partial charge in [-0.2, -0.15) is 0 Å². The average Bonchev–Trinajstić information content (AvgIpc) is 1.65. The molecular formula is C2H3NO3S. The highest BCUT2D eigenvalue weighted by molar-refractivity contribution is 7.78. The van der Waals surface area contributed by atoms with Crippen LogP contribution in [0.15, 0.2) is 0 Å². The normalized spacial score (nSPS) is 7.57. The van der Waals surface area contributed by atoms with Crippen molar-refractivity contribution >= 4 is 24.7 Å². The SMILES string of the molecule is O=C(O)C(=O)NS. The first-order chi connectivity index (χ1) is 3.18. The smallest absolute Gasteiger partial charge is 0.395 e. The van der Waals surface area contributed by atoms with Crippen molar-refractivity contribution in [2.75, 3.05) is 0 Å². The Labute approximate surface area is 45.1 Å². The monoisotopic (exact) mass is 121 g/mol. The summed E-state index contributed by atoms with van der Waals surface area (Å²) in [4.78, 5) is 19.2. The highest BCUT2D eigenvalue weighted by Crippen LogP contribution is 1.64. The van der Waals surface area contributed by atoms with Gasteiger partial charge in [0.05, 0.1) is 0 Å². The zero-order valence-corrected chi connectivity index (χ0v) is 4.11. The zero-order valence-electron chi connectivity index (χ0n) is 3.21. The van der Waals surface area contributed by atoms with Gasteiger partial charge in [0.25, 0.3) is 0 Å². The van der Waals surface area contributed by atoms with E-state index < -0.39 is 11.9 Å². The molecular weight excluding hydrogens is 118 g/mol. The summed E-state index contributed by atoms with van der Waals surface area (Å²) in [5.74, 6) is -2.65. The molecule has 0 aromatic rings. The molecule has 0 saturated heterocycles. The molecule has 0 aliphatic heterocycles. The maximum Gasteiger partial charge on any atom is 0.395 e. The number of carbonyl (C=O) groups excluding carboxylic acids is 1. The van der Waals surface area contributed by atoms with E-state index in [2.05, 4.69) is 12.8 Å². The molecule has 5 heteroatoms. The number of nitrogens with one attached hydrogen (secondary N) is 1. The fraction of sp³-hybridized carbons (Fsp3) is 0. The highest BCUT2D eigenvalue weighted by Gasteiger charge is 2.05. The Bertz CT molecular complexity index is 101. The Morgan fingerprint density at radius 2 is 2.00 bits per heavy atom. The van der Waals surface area contributed by atoms with E-state index in [0.29, 0.717) is 0 Å². The molecule has 0 aliphatic carbocycles. The van der Waals surface area contributed by atoms with Crippen LogP contribution in [0.5, 0.6) is 0 Å². The molecule has 1 amide bonds. The van der Waals surface area contributed by atoms with E-state index in [1.54, 1.807) is 4.72 Å². The van der Waals surface area contributed by atoms with Gasteiger partial charge in [-0.25, -0.2) is 4.79 Å². The van der Waals surface area contributed by atoms with Crippen LogP contribution in [0.2, 0.25) is 0 Å². The molecule has 2 N–H and O–H groups in total. The maximum atomic E-state index is 9.72. The van der Waals surface area contributed by atoms with E-state index in [1.165, 1.54) is 0 Å². The van der Waals surface area contributed by atoms with Crippen LogP contribution >= 0.6 is 12.8 Å². The van der Waals surface area contributed by atoms with E-state index in [4.69, 9.17) is 5.11 Å². The molecule has 0 aromatic carbocycles. The predicted octanol–water partition coefficient (Wildman–Crippen LogP) is -0.968. The standard InChI is InChI=1S/C2H3NO3S/c4-1(3-7)2(5)6/h7H,(H,3,4)(H,5,6). The summed E-state index contributed by atoms with van der Waals surface area (Å²) in [5.41, 5.74) is 0. The van der Waals surface area contributed by atoms with Crippen molar-refractivity contribution in [2.24, 2.45) is 0 Å². The molecule has 40 valence electrons. The molecule has 0 unspecified atom stereocenters. The molecule has 0 atom stereocenters. The van der Waals surface area contributed by atoms with Gasteiger partial charge in [0.1, 0.15) is 0 Å². The molecule has 0 rings (SSSR count). The van der Waals surface area contributed by atoms with E-state index in [1.807, 2.05) is 0 Å². The lowest BCUT2D eigenvalue weighted by atomic mass is 10.7. The molecule has 0 saturated carbocycles. The summed E-state index contributed by atoms with van der Waals surface area (Å²) >= 11 is 3.17. The van der Waals surface area contributed by atoms with Crippen LogP contribution in [0.3, 0.4) is 0 Å². The average molecular weight is 121 g/mol. The quantitative estimate of drug-likeness (QED) is 0.285. The van der Waals surface area contributed by atoms with Gasteiger partial charge in [0, 0.05) is 0 Å². The first kappa shape index (κ1) is 6.29. The van der Waals surface area contributed by atoms with Crippen LogP contribution in [0, 0.1) is 0 Å². The molecule has 0 heterocycles. The number of aliphatic carboxylic acids is 1. The van der Waals surface area contributed by atoms with Crippen molar-refractivity contribution in [1.29, 1.82) is 0 Å². The van der Waals surface area contributed by atoms with Gasteiger partial charge in [0.15, 0.2) is 0 Å². The van der Waals surface area contributed by atoms with Gasteiger partial charge in [0.2, 0.25) is 0 Å². The molecule has 0 radical (unpaired) electrons. The van der Waals surface area contributed by atoms with Gasteiger partial charge in [-0.05, 0) is 0 Å². The summed E-state index contributed by atoms with van der Waals surface area (Å²) < 4.78 is 1.62. The van der Waals surface area contributed by atoms with Gasteiger partial charge < -0.3 is 5.11 Å². The molecule has 7 heavy (non-hydrogen) atoms. The van der Waals surface area contributed by atoms with E-state index >= 15 is 0 Å². The summed E-state index contributed by atoms with van der Waals surface area (Å²) in [5, 5.41) is 7.72. The van der Waals surface area contributed by atoms with Gasteiger partial charge in [-0.15, -0.1) is 0 Å². The number of rotatable bonds is 0. The van der Waals surface area contributed by atoms with Crippen molar-refractivity contribution in [1.82, 2.24) is 4.72 Å². The van der Waals surface area contributed by atoms with E-state index in [0.717, 1.165) is 0 Å². The van der Waals surface area contributed by atoms with Crippen molar-refractivity contribution < 1.29 is 14.7 Å². The third-order valence-electron chi connectivity index (χ3n) is 0.296. The second kappa shape index (κ2) is 2.46. The first-order valence-electron chi connectivity index (χ1n) is 1.36. The number of hydrogen-bond donors (Lipinski definition) is 3. The third kappa shape index (κ3) is 2.05. The van der Waals surface area contributed by atoms with E-state index in [-0.39, 0.29) is 0 Å². The van der Waals surface area contributed by atoms with Crippen LogP contribution in [0.1, 0.15) is 0 Å². The van der Waals surface area contributed by atoms with Crippen molar-refractivity contribution in [2.45, 2.75) is 0 Å². The lowest BCUT2D eigenvalue weighted by Crippen LogP contribution is -2.22. The lowest BCUT2D eigenvalue weighted by Gasteiger charge is -1.84. The first-order valence-corrected chi connectivity index (χ1v) is 1.80.